The predicted octanol–water partition coefficient (Wildman–Crippen LogP) is 3.50. The van der Waals surface area contributed by atoms with Crippen LogP contribution in [0.3, 0.4) is 0 Å². The first-order valence-electron chi connectivity index (χ1n) is 7.39. The number of carbonyl (C=O) groups excluding carboxylic acids is 2. The maximum absolute atomic E-state index is 11.9. The Balaban J connectivity index is 1.91. The topological polar surface area (TPSA) is 75.6 Å². The van der Waals surface area contributed by atoms with Crippen LogP contribution in [-0.2, 0) is 9.53 Å². The Morgan fingerprint density at radius 1 is 1.25 bits per heavy atom. The third-order valence-electron chi connectivity index (χ3n) is 3.46. The number of phenols is 1. The maximum atomic E-state index is 11.9. The van der Waals surface area contributed by atoms with E-state index in [4.69, 9.17) is 4.74 Å². The fraction of sp³-hybridized carbons (Fsp3) is 0.222. The summed E-state index contributed by atoms with van der Waals surface area (Å²) in [5, 5.41) is 12.5. The van der Waals surface area contributed by atoms with Crippen molar-refractivity contribution in [3.8, 4) is 5.75 Å². The van der Waals surface area contributed by atoms with Gasteiger partial charge >= 0.3 is 5.97 Å². The van der Waals surface area contributed by atoms with Gasteiger partial charge < -0.3 is 15.2 Å². The third-order valence-corrected chi connectivity index (χ3v) is 4.18. The Bertz CT molecular complexity index is 760. The van der Waals surface area contributed by atoms with Crippen LogP contribution in [-0.4, -0.2) is 23.6 Å². The lowest BCUT2D eigenvalue weighted by molar-refractivity contribution is -0.124. The van der Waals surface area contributed by atoms with Crippen LogP contribution in [0.1, 0.15) is 34.5 Å². The zero-order valence-corrected chi connectivity index (χ0v) is 15.0. The van der Waals surface area contributed by atoms with Gasteiger partial charge in [-0.3, -0.25) is 4.79 Å². The number of amides is 1. The molecule has 2 aromatic carbocycles. The SMILES string of the molecule is Cc1ccc(C(=O)OCC(=O)N[C@H](C)c2ccccc2Br)c(O)c1. The number of nitrogens with one attached hydrogen (secondary N) is 1. The molecule has 0 spiro atoms. The van der Waals surface area contributed by atoms with Gasteiger partial charge in [-0.15, -0.1) is 0 Å². The minimum Gasteiger partial charge on any atom is -0.507 e. The van der Waals surface area contributed by atoms with Gasteiger partial charge in [0.15, 0.2) is 6.61 Å². The van der Waals surface area contributed by atoms with Crippen LogP contribution in [0.4, 0.5) is 0 Å². The number of carbonyl (C=O) groups is 2. The summed E-state index contributed by atoms with van der Waals surface area (Å²) < 4.78 is 5.84. The summed E-state index contributed by atoms with van der Waals surface area (Å²) in [5.41, 5.74) is 1.78. The molecular formula is C18H18BrNO4. The van der Waals surface area contributed by atoms with Gasteiger partial charge in [-0.2, -0.15) is 0 Å². The van der Waals surface area contributed by atoms with Gasteiger partial charge in [-0.05, 0) is 43.2 Å². The number of aryl methyl sites for hydroxylation is 1. The Labute approximate surface area is 148 Å². The number of rotatable bonds is 5. The highest BCUT2D eigenvalue weighted by Crippen LogP contribution is 2.22. The average molecular weight is 392 g/mol. The molecule has 0 saturated carbocycles. The van der Waals surface area contributed by atoms with Gasteiger partial charge in [0.05, 0.1) is 6.04 Å². The van der Waals surface area contributed by atoms with E-state index in [-0.39, 0.29) is 17.4 Å². The molecule has 1 atom stereocenters. The first kappa shape index (κ1) is 18.0. The molecule has 0 bridgehead atoms. The molecule has 2 N–H and O–H groups in total. The third kappa shape index (κ3) is 4.58. The molecule has 126 valence electrons. The van der Waals surface area contributed by atoms with E-state index < -0.39 is 18.5 Å². The van der Waals surface area contributed by atoms with Crippen molar-refractivity contribution >= 4 is 27.8 Å². The van der Waals surface area contributed by atoms with Crippen LogP contribution >= 0.6 is 15.9 Å². The van der Waals surface area contributed by atoms with E-state index in [1.54, 1.807) is 13.0 Å². The van der Waals surface area contributed by atoms with Gasteiger partial charge in [0.1, 0.15) is 11.3 Å². The minimum absolute atomic E-state index is 0.0345. The lowest BCUT2D eigenvalue weighted by atomic mass is 10.1. The van der Waals surface area contributed by atoms with E-state index in [2.05, 4.69) is 21.2 Å². The van der Waals surface area contributed by atoms with Gasteiger partial charge in [0, 0.05) is 4.47 Å². The van der Waals surface area contributed by atoms with Gasteiger partial charge in [0.2, 0.25) is 0 Å². The smallest absolute Gasteiger partial charge is 0.342 e. The van der Waals surface area contributed by atoms with E-state index in [9.17, 15) is 14.7 Å². The number of ether oxygens (including phenoxy) is 1. The van der Waals surface area contributed by atoms with E-state index in [1.165, 1.54) is 12.1 Å². The molecule has 0 saturated heterocycles. The molecule has 24 heavy (non-hydrogen) atoms. The summed E-state index contributed by atoms with van der Waals surface area (Å²) in [6, 6.07) is 11.9. The fourth-order valence-corrected chi connectivity index (χ4v) is 2.84. The van der Waals surface area contributed by atoms with E-state index >= 15 is 0 Å². The molecule has 5 nitrogen and oxygen atoms in total. The molecule has 0 heterocycles. The number of benzene rings is 2. The Kier molecular flexibility index (Phi) is 5.98. The molecule has 2 rings (SSSR count). The van der Waals surface area contributed by atoms with Crippen molar-refractivity contribution in [1.82, 2.24) is 5.32 Å². The average Bonchev–Trinajstić information content (AvgIpc) is 2.53. The van der Waals surface area contributed by atoms with Crippen LogP contribution < -0.4 is 5.32 Å². The number of phenolic OH excluding ortho intramolecular Hbond substituents is 1. The number of esters is 1. The highest BCUT2D eigenvalue weighted by atomic mass is 79.9. The molecule has 0 radical (unpaired) electrons. The Hall–Kier alpha value is -2.34. The Morgan fingerprint density at radius 2 is 1.96 bits per heavy atom. The van der Waals surface area contributed by atoms with Crippen molar-refractivity contribution < 1.29 is 19.4 Å². The number of halogens is 1. The van der Waals surface area contributed by atoms with Crippen molar-refractivity contribution in [2.45, 2.75) is 19.9 Å². The molecule has 2 aromatic rings. The van der Waals surface area contributed by atoms with Gasteiger partial charge in [0.25, 0.3) is 5.91 Å². The standard InChI is InChI=1S/C18H18BrNO4/c1-11-7-8-14(16(21)9-11)18(23)24-10-17(22)20-12(2)13-5-3-4-6-15(13)19/h3-9,12,21H,10H2,1-2H3,(H,20,22)/t12-/m1/s1. The molecule has 0 aliphatic carbocycles. The highest BCUT2D eigenvalue weighted by Gasteiger charge is 2.16. The molecule has 0 fully saturated rings. The lowest BCUT2D eigenvalue weighted by Gasteiger charge is -2.16. The molecule has 1 amide bonds. The monoisotopic (exact) mass is 391 g/mol. The summed E-state index contributed by atoms with van der Waals surface area (Å²) in [6.07, 6.45) is 0. The quantitative estimate of drug-likeness (QED) is 0.764. The van der Waals surface area contributed by atoms with Crippen LogP contribution in [0.15, 0.2) is 46.9 Å². The second-order valence-corrected chi connectivity index (χ2v) is 6.26. The van der Waals surface area contributed by atoms with Crippen molar-refractivity contribution in [3.05, 3.63) is 63.6 Å². The first-order chi connectivity index (χ1) is 11.4. The molecule has 0 aliphatic heterocycles. The van der Waals surface area contributed by atoms with Crippen LogP contribution in [0.5, 0.6) is 5.75 Å². The van der Waals surface area contributed by atoms with Crippen molar-refractivity contribution in [2.75, 3.05) is 6.61 Å². The van der Waals surface area contributed by atoms with Gasteiger partial charge in [-0.25, -0.2) is 4.79 Å². The van der Waals surface area contributed by atoms with E-state index in [1.807, 2.05) is 31.2 Å². The molecule has 6 heteroatoms. The predicted molar refractivity (Wildman–Crippen MR) is 93.8 cm³/mol. The zero-order chi connectivity index (χ0) is 17.7. The van der Waals surface area contributed by atoms with Crippen molar-refractivity contribution in [3.63, 3.8) is 0 Å². The summed E-state index contributed by atoms with van der Waals surface area (Å²) in [7, 11) is 0. The highest BCUT2D eigenvalue weighted by molar-refractivity contribution is 9.10. The molecular weight excluding hydrogens is 374 g/mol. The largest absolute Gasteiger partial charge is 0.507 e. The van der Waals surface area contributed by atoms with E-state index in [0.29, 0.717) is 0 Å². The Morgan fingerprint density at radius 3 is 2.62 bits per heavy atom. The summed E-state index contributed by atoms with van der Waals surface area (Å²) in [5.74, 6) is -1.32. The summed E-state index contributed by atoms with van der Waals surface area (Å²) in [4.78, 5) is 23.9. The maximum Gasteiger partial charge on any atom is 0.342 e. The molecule has 0 unspecified atom stereocenters. The van der Waals surface area contributed by atoms with Crippen LogP contribution in [0.25, 0.3) is 0 Å². The second-order valence-electron chi connectivity index (χ2n) is 5.41. The molecule has 0 aromatic heterocycles. The van der Waals surface area contributed by atoms with Crippen molar-refractivity contribution in [1.29, 1.82) is 0 Å². The van der Waals surface area contributed by atoms with Crippen LogP contribution in [0.2, 0.25) is 0 Å². The number of hydrogen-bond donors (Lipinski definition) is 2. The molecule has 0 aliphatic rings. The summed E-state index contributed by atoms with van der Waals surface area (Å²) >= 11 is 3.43. The first-order valence-corrected chi connectivity index (χ1v) is 8.18. The normalized spacial score (nSPS) is 11.6. The van der Waals surface area contributed by atoms with Crippen molar-refractivity contribution in [2.24, 2.45) is 0 Å². The van der Waals surface area contributed by atoms with Gasteiger partial charge in [-0.1, -0.05) is 40.2 Å². The zero-order valence-electron chi connectivity index (χ0n) is 13.4. The minimum atomic E-state index is -0.740. The number of hydrogen-bond acceptors (Lipinski definition) is 4. The fourth-order valence-electron chi connectivity index (χ4n) is 2.21. The van der Waals surface area contributed by atoms with Crippen LogP contribution in [0, 0.1) is 6.92 Å². The number of aromatic hydroxyl groups is 1. The van der Waals surface area contributed by atoms with E-state index in [0.717, 1.165) is 15.6 Å². The lowest BCUT2D eigenvalue weighted by Crippen LogP contribution is -2.31. The summed E-state index contributed by atoms with van der Waals surface area (Å²) in [6.45, 7) is 3.22. The second kappa shape index (κ2) is 7.97.